The van der Waals surface area contributed by atoms with Crippen molar-refractivity contribution in [3.8, 4) is 11.1 Å². The predicted molar refractivity (Wildman–Crippen MR) is 184 cm³/mol. The van der Waals surface area contributed by atoms with Gasteiger partial charge in [-0.05, 0) is 81.0 Å². The van der Waals surface area contributed by atoms with Crippen LogP contribution in [0.4, 0.5) is 0 Å². The SMILES string of the molecule is CC(=O)OC(C)C(=O)NCc1cccc(-c2ccc(C3OC(CN4CCCC4C(=O)OC(C)(C)C)CC(c4ccc(CO)cc4)O3)cc2)c1. The van der Waals surface area contributed by atoms with Gasteiger partial charge >= 0.3 is 11.9 Å². The van der Waals surface area contributed by atoms with E-state index in [1.54, 1.807) is 6.92 Å². The number of carbonyl (C=O) groups excluding carboxylic acids is 3. The number of hydrogen-bond donors (Lipinski definition) is 2. The molecule has 10 heteroatoms. The van der Waals surface area contributed by atoms with Crippen LogP contribution < -0.4 is 5.32 Å². The fourth-order valence-corrected chi connectivity index (χ4v) is 6.30. The van der Waals surface area contributed by atoms with Gasteiger partial charge in [-0.1, -0.05) is 66.7 Å². The molecule has 0 spiro atoms. The Kier molecular flexibility index (Phi) is 11.9. The summed E-state index contributed by atoms with van der Waals surface area (Å²) >= 11 is 0. The zero-order chi connectivity index (χ0) is 35.1. The Hall–Kier alpha value is -4.09. The quantitative estimate of drug-likeness (QED) is 0.245. The van der Waals surface area contributed by atoms with Crippen molar-refractivity contribution in [1.29, 1.82) is 0 Å². The molecule has 0 aromatic heterocycles. The van der Waals surface area contributed by atoms with Gasteiger partial charge in [-0.3, -0.25) is 19.3 Å². The summed E-state index contributed by atoms with van der Waals surface area (Å²) in [6, 6.07) is 23.4. The van der Waals surface area contributed by atoms with Gasteiger partial charge in [0.1, 0.15) is 11.6 Å². The molecule has 2 aliphatic heterocycles. The molecule has 0 saturated carbocycles. The van der Waals surface area contributed by atoms with Crippen LogP contribution in [-0.2, 0) is 46.5 Å². The van der Waals surface area contributed by atoms with Crippen molar-refractivity contribution in [2.75, 3.05) is 13.1 Å². The zero-order valence-electron chi connectivity index (χ0n) is 29.0. The highest BCUT2D eigenvalue weighted by Gasteiger charge is 2.39. The molecule has 3 aromatic carbocycles. The number of aliphatic hydroxyl groups excluding tert-OH is 1. The monoisotopic (exact) mass is 672 g/mol. The Morgan fingerprint density at radius 2 is 1.67 bits per heavy atom. The molecule has 2 saturated heterocycles. The van der Waals surface area contributed by atoms with Gasteiger partial charge in [-0.2, -0.15) is 0 Å². The van der Waals surface area contributed by atoms with E-state index >= 15 is 0 Å². The molecular weight excluding hydrogens is 624 g/mol. The molecule has 2 fully saturated rings. The summed E-state index contributed by atoms with van der Waals surface area (Å²) < 4.78 is 23.9. The molecule has 5 unspecified atom stereocenters. The summed E-state index contributed by atoms with van der Waals surface area (Å²) in [4.78, 5) is 38.7. The largest absolute Gasteiger partial charge is 0.459 e. The molecule has 10 nitrogen and oxygen atoms in total. The van der Waals surface area contributed by atoms with Crippen molar-refractivity contribution in [2.45, 2.75) is 103 Å². The Morgan fingerprint density at radius 3 is 2.35 bits per heavy atom. The van der Waals surface area contributed by atoms with Gasteiger partial charge in [-0.15, -0.1) is 0 Å². The van der Waals surface area contributed by atoms with Crippen LogP contribution in [0, 0.1) is 0 Å². The molecule has 49 heavy (non-hydrogen) atoms. The van der Waals surface area contributed by atoms with Gasteiger partial charge in [0.05, 0.1) is 18.8 Å². The second-order valence-corrected chi connectivity index (χ2v) is 13.8. The zero-order valence-corrected chi connectivity index (χ0v) is 29.0. The molecule has 2 heterocycles. The van der Waals surface area contributed by atoms with Crippen molar-refractivity contribution in [1.82, 2.24) is 10.2 Å². The van der Waals surface area contributed by atoms with Crippen molar-refractivity contribution in [3.63, 3.8) is 0 Å². The van der Waals surface area contributed by atoms with Crippen molar-refractivity contribution in [3.05, 3.63) is 95.1 Å². The number of benzene rings is 3. The summed E-state index contributed by atoms with van der Waals surface area (Å²) in [7, 11) is 0. The number of aliphatic hydroxyl groups is 1. The van der Waals surface area contributed by atoms with E-state index in [1.807, 2.05) is 93.6 Å². The van der Waals surface area contributed by atoms with Crippen LogP contribution in [-0.4, -0.2) is 64.8 Å². The summed E-state index contributed by atoms with van der Waals surface area (Å²) in [6.07, 6.45) is 0.375. The lowest BCUT2D eigenvalue weighted by atomic mass is 9.98. The molecule has 3 aromatic rings. The molecular formula is C39H48N2O8. The highest BCUT2D eigenvalue weighted by atomic mass is 16.7. The summed E-state index contributed by atoms with van der Waals surface area (Å²) in [5, 5.41) is 12.4. The van der Waals surface area contributed by atoms with Crippen LogP contribution in [0.3, 0.4) is 0 Å². The molecule has 1 amide bonds. The molecule has 5 atom stereocenters. The number of rotatable bonds is 11. The third kappa shape index (κ3) is 9.98. The van der Waals surface area contributed by atoms with Crippen molar-refractivity contribution in [2.24, 2.45) is 0 Å². The maximum atomic E-state index is 13.1. The van der Waals surface area contributed by atoms with Crippen molar-refractivity contribution < 1.29 is 38.4 Å². The Bertz CT molecular complexity index is 1580. The second kappa shape index (κ2) is 16.1. The summed E-state index contributed by atoms with van der Waals surface area (Å²) in [6.45, 7) is 10.1. The average molecular weight is 673 g/mol. The molecule has 262 valence electrons. The van der Waals surface area contributed by atoms with E-state index in [2.05, 4.69) is 10.2 Å². The summed E-state index contributed by atoms with van der Waals surface area (Å²) in [5.41, 5.74) is 5.05. The van der Waals surface area contributed by atoms with Crippen LogP contribution in [0.2, 0.25) is 0 Å². The van der Waals surface area contributed by atoms with E-state index in [0.717, 1.165) is 52.8 Å². The van der Waals surface area contributed by atoms with Gasteiger partial charge < -0.3 is 29.4 Å². The number of carbonyl (C=O) groups is 3. The molecule has 5 rings (SSSR count). The Labute approximate surface area is 288 Å². The topological polar surface area (TPSA) is 124 Å². The Morgan fingerprint density at radius 1 is 0.959 bits per heavy atom. The lowest BCUT2D eigenvalue weighted by Crippen LogP contribution is -2.45. The van der Waals surface area contributed by atoms with Crippen LogP contribution in [0.15, 0.2) is 72.8 Å². The van der Waals surface area contributed by atoms with Crippen molar-refractivity contribution >= 4 is 17.8 Å². The minimum atomic E-state index is -0.863. The number of nitrogens with one attached hydrogen (secondary N) is 1. The molecule has 0 radical (unpaired) electrons. The van der Waals surface area contributed by atoms with Crippen LogP contribution in [0.1, 0.15) is 88.5 Å². The number of esters is 2. The maximum Gasteiger partial charge on any atom is 0.323 e. The molecule has 0 aliphatic carbocycles. The first-order chi connectivity index (χ1) is 23.4. The van der Waals surface area contributed by atoms with Gasteiger partial charge in [0.2, 0.25) is 0 Å². The first kappa shape index (κ1) is 36.2. The number of likely N-dealkylation sites (tertiary alicyclic amines) is 1. The van der Waals surface area contributed by atoms with Gasteiger partial charge in [-0.25, -0.2) is 0 Å². The fourth-order valence-electron chi connectivity index (χ4n) is 6.30. The van der Waals surface area contributed by atoms with Crippen LogP contribution in [0.5, 0.6) is 0 Å². The van der Waals surface area contributed by atoms with E-state index in [4.69, 9.17) is 18.9 Å². The Balaban J connectivity index is 1.30. The number of ether oxygens (including phenoxy) is 4. The first-order valence-corrected chi connectivity index (χ1v) is 17.0. The normalized spacial score (nSPS) is 21.9. The predicted octanol–water partition coefficient (Wildman–Crippen LogP) is 5.77. The lowest BCUT2D eigenvalue weighted by Gasteiger charge is -2.38. The third-order valence-electron chi connectivity index (χ3n) is 8.72. The van der Waals surface area contributed by atoms with Crippen LogP contribution in [0.25, 0.3) is 11.1 Å². The van der Waals surface area contributed by atoms with E-state index in [9.17, 15) is 19.5 Å². The minimum Gasteiger partial charge on any atom is -0.459 e. The van der Waals surface area contributed by atoms with Gasteiger partial charge in [0.25, 0.3) is 5.91 Å². The lowest BCUT2D eigenvalue weighted by molar-refractivity contribution is -0.253. The number of nitrogens with zero attached hydrogens (tertiary/aromatic N) is 1. The fraction of sp³-hybridized carbons (Fsp3) is 0.462. The molecule has 0 bridgehead atoms. The average Bonchev–Trinajstić information content (AvgIpc) is 3.54. The second-order valence-electron chi connectivity index (χ2n) is 13.8. The first-order valence-electron chi connectivity index (χ1n) is 17.0. The minimum absolute atomic E-state index is 0.0274. The highest BCUT2D eigenvalue weighted by Crippen LogP contribution is 2.39. The standard InChI is InChI=1S/C39H48N2O8/c1-25(46-26(2)43)36(44)40-22-28-8-6-9-32(20-28)29-15-17-31(18-16-29)38-47-33(21-35(48-38)30-13-11-27(24-42)12-14-30)23-41-19-7-10-34(41)37(45)49-39(3,4)5/h6,8-9,11-18,20,25,33-35,38,42H,7,10,19,21-24H2,1-5H3,(H,40,44). The highest BCUT2D eigenvalue weighted by molar-refractivity contribution is 5.83. The molecule has 2 aliphatic rings. The van der Waals surface area contributed by atoms with Gasteiger partial charge in [0.15, 0.2) is 12.4 Å². The van der Waals surface area contributed by atoms with Gasteiger partial charge in [0, 0.05) is 32.0 Å². The van der Waals surface area contributed by atoms with Crippen LogP contribution >= 0.6 is 0 Å². The third-order valence-corrected chi connectivity index (χ3v) is 8.72. The maximum absolute atomic E-state index is 13.1. The number of amides is 1. The smallest absolute Gasteiger partial charge is 0.323 e. The summed E-state index contributed by atoms with van der Waals surface area (Å²) in [5.74, 6) is -1.05. The number of hydrogen-bond acceptors (Lipinski definition) is 9. The van der Waals surface area contributed by atoms with E-state index in [0.29, 0.717) is 19.5 Å². The van der Waals surface area contributed by atoms with E-state index in [1.165, 1.54) is 6.92 Å². The molecule has 2 N–H and O–H groups in total. The van der Waals surface area contributed by atoms with E-state index < -0.39 is 24.0 Å². The van der Waals surface area contributed by atoms with E-state index in [-0.39, 0.29) is 36.7 Å².